The Bertz CT molecular complexity index is 1230. The Morgan fingerprint density at radius 3 is 2.03 bits per heavy atom. The van der Waals surface area contributed by atoms with E-state index in [4.69, 9.17) is 0 Å². The van der Waals surface area contributed by atoms with E-state index in [2.05, 4.69) is 26.7 Å². The number of benzene rings is 3. The number of aryl methyl sites for hydroxylation is 3. The fourth-order valence-corrected chi connectivity index (χ4v) is 3.49. The van der Waals surface area contributed by atoms with Crippen LogP contribution in [-0.4, -0.2) is 22.4 Å². The van der Waals surface area contributed by atoms with Gasteiger partial charge in [0.05, 0.1) is 17.9 Å². The van der Waals surface area contributed by atoms with Crippen LogP contribution in [0.1, 0.15) is 16.7 Å². The van der Waals surface area contributed by atoms with Gasteiger partial charge < -0.3 is 5.32 Å². The maximum atomic E-state index is 12.7. The Morgan fingerprint density at radius 2 is 1.38 bits per heavy atom. The van der Waals surface area contributed by atoms with E-state index in [9.17, 15) is 4.79 Å². The molecule has 160 valence electrons. The van der Waals surface area contributed by atoms with E-state index < -0.39 is 0 Å². The lowest BCUT2D eigenvalue weighted by molar-refractivity contribution is -0.114. The van der Waals surface area contributed by atoms with Crippen molar-refractivity contribution in [3.8, 4) is 22.5 Å². The van der Waals surface area contributed by atoms with E-state index in [-0.39, 0.29) is 18.4 Å². The van der Waals surface area contributed by atoms with E-state index >= 15 is 0 Å². The maximum Gasteiger partial charge on any atom is 0.246 e. The summed E-state index contributed by atoms with van der Waals surface area (Å²) in [6, 6.07) is 26.1. The van der Waals surface area contributed by atoms with Crippen molar-refractivity contribution in [3.63, 3.8) is 0 Å². The van der Waals surface area contributed by atoms with Gasteiger partial charge >= 0.3 is 0 Å². The highest BCUT2D eigenvalue weighted by molar-refractivity contribution is 5.92. The van der Waals surface area contributed by atoms with Crippen LogP contribution in [0.4, 0.5) is 11.6 Å². The van der Waals surface area contributed by atoms with E-state index in [1.54, 1.807) is 0 Å². The van der Waals surface area contributed by atoms with Crippen LogP contribution in [0.15, 0.2) is 78.9 Å². The summed E-state index contributed by atoms with van der Waals surface area (Å²) in [5.74, 6) is 0.0828. The van der Waals surface area contributed by atoms with Crippen molar-refractivity contribution in [2.24, 2.45) is 0 Å². The molecule has 5 heteroatoms. The van der Waals surface area contributed by atoms with Crippen LogP contribution < -0.4 is 10.6 Å². The molecule has 0 radical (unpaired) electrons. The molecule has 1 amide bonds. The molecular weight excluding hydrogens is 396 g/mol. The minimum absolute atomic E-state index is 0.128. The summed E-state index contributed by atoms with van der Waals surface area (Å²) in [4.78, 5) is 21.9. The first kappa shape index (κ1) is 21.2. The summed E-state index contributed by atoms with van der Waals surface area (Å²) in [6.45, 7) is 6.25. The third-order valence-electron chi connectivity index (χ3n) is 5.22. The zero-order valence-corrected chi connectivity index (χ0v) is 18.5. The van der Waals surface area contributed by atoms with Crippen molar-refractivity contribution in [2.45, 2.75) is 20.8 Å². The lowest BCUT2D eigenvalue weighted by atomic mass is 10.1. The number of carbonyl (C=O) groups is 1. The van der Waals surface area contributed by atoms with Crippen molar-refractivity contribution in [1.29, 1.82) is 0 Å². The minimum atomic E-state index is -0.204. The molecule has 32 heavy (non-hydrogen) atoms. The van der Waals surface area contributed by atoms with Gasteiger partial charge in [-0.1, -0.05) is 77.9 Å². The molecule has 0 saturated carbocycles. The van der Waals surface area contributed by atoms with Gasteiger partial charge in [0, 0.05) is 16.8 Å². The molecule has 1 aromatic heterocycles. The van der Waals surface area contributed by atoms with Crippen molar-refractivity contribution in [3.05, 3.63) is 95.6 Å². The fourth-order valence-electron chi connectivity index (χ4n) is 3.49. The SMILES string of the molecule is Cc1ccc(-c2cc(-c3ccccc3)nc(NC(=O)CNc3ccc(C)cc3C)n2)cc1. The number of nitrogens with one attached hydrogen (secondary N) is 2. The number of hydrogen-bond donors (Lipinski definition) is 2. The average molecular weight is 423 g/mol. The van der Waals surface area contributed by atoms with Crippen molar-refractivity contribution in [2.75, 3.05) is 17.2 Å². The quantitative estimate of drug-likeness (QED) is 0.413. The van der Waals surface area contributed by atoms with Crippen molar-refractivity contribution < 1.29 is 4.79 Å². The first-order valence-corrected chi connectivity index (χ1v) is 10.6. The number of aromatic nitrogens is 2. The first-order valence-electron chi connectivity index (χ1n) is 10.6. The number of nitrogens with zero attached hydrogens (tertiary/aromatic N) is 2. The highest BCUT2D eigenvalue weighted by atomic mass is 16.2. The predicted octanol–water partition coefficient (Wildman–Crippen LogP) is 5.79. The topological polar surface area (TPSA) is 66.9 Å². The highest BCUT2D eigenvalue weighted by Crippen LogP contribution is 2.25. The number of anilines is 2. The molecular formula is C27H26N4O. The molecule has 0 unspecified atom stereocenters. The lowest BCUT2D eigenvalue weighted by Gasteiger charge is -2.12. The zero-order chi connectivity index (χ0) is 22.5. The maximum absolute atomic E-state index is 12.7. The molecule has 2 N–H and O–H groups in total. The number of amides is 1. The summed E-state index contributed by atoms with van der Waals surface area (Å²) in [5, 5.41) is 6.04. The standard InChI is InChI=1S/C27H26N4O/c1-18-9-12-22(13-10-18)25-16-24(21-7-5-4-6-8-21)29-27(30-25)31-26(32)17-28-23-14-11-19(2)15-20(23)3/h4-16,28H,17H2,1-3H3,(H,29,30,31,32). The van der Waals surface area contributed by atoms with Crippen LogP contribution in [0.3, 0.4) is 0 Å². The normalized spacial score (nSPS) is 10.6. The Labute approximate surface area is 188 Å². The molecule has 0 fully saturated rings. The number of hydrogen-bond acceptors (Lipinski definition) is 4. The van der Waals surface area contributed by atoms with Gasteiger partial charge in [-0.2, -0.15) is 0 Å². The summed E-state index contributed by atoms with van der Waals surface area (Å²) < 4.78 is 0. The van der Waals surface area contributed by atoms with Gasteiger partial charge in [0.25, 0.3) is 0 Å². The van der Waals surface area contributed by atoms with Crippen molar-refractivity contribution in [1.82, 2.24) is 9.97 Å². The monoisotopic (exact) mass is 422 g/mol. The molecule has 0 aliphatic heterocycles. The molecule has 0 atom stereocenters. The lowest BCUT2D eigenvalue weighted by Crippen LogP contribution is -2.23. The van der Waals surface area contributed by atoms with Crippen LogP contribution in [0.2, 0.25) is 0 Å². The van der Waals surface area contributed by atoms with Crippen LogP contribution in [-0.2, 0) is 4.79 Å². The van der Waals surface area contributed by atoms with Gasteiger partial charge in [0.2, 0.25) is 11.9 Å². The van der Waals surface area contributed by atoms with Crippen LogP contribution in [0, 0.1) is 20.8 Å². The van der Waals surface area contributed by atoms with Gasteiger partial charge in [-0.15, -0.1) is 0 Å². The van der Waals surface area contributed by atoms with E-state index in [0.717, 1.165) is 33.8 Å². The molecule has 4 rings (SSSR count). The van der Waals surface area contributed by atoms with Crippen LogP contribution in [0.5, 0.6) is 0 Å². The Kier molecular flexibility index (Phi) is 6.26. The minimum Gasteiger partial charge on any atom is -0.376 e. The molecule has 0 saturated heterocycles. The van der Waals surface area contributed by atoms with E-state index in [1.165, 1.54) is 11.1 Å². The molecule has 0 aliphatic rings. The van der Waals surface area contributed by atoms with Crippen LogP contribution in [0.25, 0.3) is 22.5 Å². The Morgan fingerprint density at radius 1 is 0.750 bits per heavy atom. The summed E-state index contributed by atoms with van der Waals surface area (Å²) in [5.41, 5.74) is 7.85. The van der Waals surface area contributed by atoms with Crippen LogP contribution >= 0.6 is 0 Å². The fraction of sp³-hybridized carbons (Fsp3) is 0.148. The molecule has 0 bridgehead atoms. The molecule has 0 spiro atoms. The largest absolute Gasteiger partial charge is 0.376 e. The first-order chi connectivity index (χ1) is 15.5. The second-order valence-electron chi connectivity index (χ2n) is 7.91. The average Bonchev–Trinajstić information content (AvgIpc) is 2.79. The second kappa shape index (κ2) is 9.43. The molecule has 3 aromatic carbocycles. The predicted molar refractivity (Wildman–Crippen MR) is 131 cm³/mol. The zero-order valence-electron chi connectivity index (χ0n) is 18.5. The molecule has 4 aromatic rings. The molecule has 1 heterocycles. The number of carbonyl (C=O) groups excluding carboxylic acids is 1. The van der Waals surface area contributed by atoms with E-state index in [1.807, 2.05) is 93.6 Å². The Balaban J connectivity index is 1.58. The van der Waals surface area contributed by atoms with Gasteiger partial charge in [-0.3, -0.25) is 10.1 Å². The smallest absolute Gasteiger partial charge is 0.246 e. The van der Waals surface area contributed by atoms with Gasteiger partial charge in [-0.05, 0) is 38.5 Å². The second-order valence-corrected chi connectivity index (χ2v) is 7.91. The third-order valence-corrected chi connectivity index (χ3v) is 5.22. The van der Waals surface area contributed by atoms with Gasteiger partial charge in [-0.25, -0.2) is 9.97 Å². The Hall–Kier alpha value is -3.99. The van der Waals surface area contributed by atoms with Crippen molar-refractivity contribution >= 4 is 17.5 Å². The van der Waals surface area contributed by atoms with Gasteiger partial charge in [0.15, 0.2) is 0 Å². The third kappa shape index (κ3) is 5.19. The van der Waals surface area contributed by atoms with Gasteiger partial charge in [0.1, 0.15) is 0 Å². The summed E-state index contributed by atoms with van der Waals surface area (Å²) in [7, 11) is 0. The molecule has 5 nitrogen and oxygen atoms in total. The number of rotatable bonds is 6. The highest BCUT2D eigenvalue weighted by Gasteiger charge is 2.11. The summed E-state index contributed by atoms with van der Waals surface area (Å²) >= 11 is 0. The van der Waals surface area contributed by atoms with E-state index in [0.29, 0.717) is 0 Å². The molecule has 0 aliphatic carbocycles. The summed E-state index contributed by atoms with van der Waals surface area (Å²) in [6.07, 6.45) is 0.